The Morgan fingerprint density at radius 1 is 1.26 bits per heavy atom. The van der Waals surface area contributed by atoms with Gasteiger partial charge < -0.3 is 15.5 Å². The van der Waals surface area contributed by atoms with Crippen LogP contribution in [0.2, 0.25) is 0 Å². The van der Waals surface area contributed by atoms with Gasteiger partial charge in [-0.05, 0) is 46.3 Å². The van der Waals surface area contributed by atoms with E-state index >= 15 is 0 Å². The Labute approximate surface area is 117 Å². The molecule has 0 aromatic rings. The molecular formula is C15H29N3O. The normalized spacial score (nSPS) is 28.0. The van der Waals surface area contributed by atoms with Crippen LogP contribution in [0.4, 0.5) is 0 Å². The summed E-state index contributed by atoms with van der Waals surface area (Å²) in [6.45, 7) is 2.16. The molecule has 2 fully saturated rings. The molecule has 1 saturated carbocycles. The molecule has 1 aliphatic carbocycles. The van der Waals surface area contributed by atoms with E-state index in [1.807, 2.05) is 7.05 Å². The third-order valence-electron chi connectivity index (χ3n) is 4.83. The monoisotopic (exact) mass is 267 g/mol. The summed E-state index contributed by atoms with van der Waals surface area (Å²) < 4.78 is 0. The zero-order chi connectivity index (χ0) is 13.7. The molecule has 1 atom stereocenters. The third kappa shape index (κ3) is 4.18. The summed E-state index contributed by atoms with van der Waals surface area (Å²) in [5.41, 5.74) is 0.0584. The van der Waals surface area contributed by atoms with Gasteiger partial charge in [-0.1, -0.05) is 19.3 Å². The van der Waals surface area contributed by atoms with Crippen molar-refractivity contribution in [1.82, 2.24) is 15.5 Å². The summed E-state index contributed by atoms with van der Waals surface area (Å²) >= 11 is 0. The predicted molar refractivity (Wildman–Crippen MR) is 78.2 cm³/mol. The highest BCUT2D eigenvalue weighted by Crippen LogP contribution is 2.30. The van der Waals surface area contributed by atoms with Crippen molar-refractivity contribution >= 4 is 5.91 Å². The number of carbonyl (C=O) groups is 1. The molecule has 19 heavy (non-hydrogen) atoms. The Bertz CT molecular complexity index is 300. The van der Waals surface area contributed by atoms with E-state index in [4.69, 9.17) is 0 Å². The Kier molecular flexibility index (Phi) is 5.22. The second-order valence-corrected chi connectivity index (χ2v) is 6.44. The first-order chi connectivity index (χ1) is 9.13. The highest BCUT2D eigenvalue weighted by atomic mass is 16.1. The average Bonchev–Trinajstić information content (AvgIpc) is 2.39. The summed E-state index contributed by atoms with van der Waals surface area (Å²) in [5, 5.41) is 6.66. The maximum Gasteiger partial charge on any atom is 0.222 e. The molecule has 4 nitrogen and oxygen atoms in total. The molecule has 0 spiro atoms. The molecule has 1 amide bonds. The van der Waals surface area contributed by atoms with Gasteiger partial charge in [0.25, 0.3) is 0 Å². The van der Waals surface area contributed by atoms with Gasteiger partial charge in [0.2, 0.25) is 5.91 Å². The average molecular weight is 267 g/mol. The summed E-state index contributed by atoms with van der Waals surface area (Å²) in [5.74, 6) is 0.233. The van der Waals surface area contributed by atoms with E-state index in [1.54, 1.807) is 0 Å². The predicted octanol–water partition coefficient (Wildman–Crippen LogP) is 1.51. The van der Waals surface area contributed by atoms with Crippen molar-refractivity contribution in [3.05, 3.63) is 0 Å². The molecule has 110 valence electrons. The van der Waals surface area contributed by atoms with Crippen molar-refractivity contribution < 1.29 is 4.79 Å². The van der Waals surface area contributed by atoms with Crippen molar-refractivity contribution in [3.63, 3.8) is 0 Å². The fraction of sp³-hybridized carbons (Fsp3) is 0.933. The van der Waals surface area contributed by atoms with Crippen molar-refractivity contribution in [2.24, 2.45) is 0 Å². The van der Waals surface area contributed by atoms with Crippen LogP contribution in [0.15, 0.2) is 0 Å². The van der Waals surface area contributed by atoms with Crippen LogP contribution < -0.4 is 10.6 Å². The molecule has 1 aliphatic heterocycles. The van der Waals surface area contributed by atoms with Gasteiger partial charge in [0, 0.05) is 24.5 Å². The zero-order valence-corrected chi connectivity index (χ0v) is 12.5. The van der Waals surface area contributed by atoms with Crippen LogP contribution in [-0.2, 0) is 4.79 Å². The van der Waals surface area contributed by atoms with Crippen LogP contribution in [0.5, 0.6) is 0 Å². The number of nitrogens with zero attached hydrogens (tertiary/aromatic N) is 1. The van der Waals surface area contributed by atoms with E-state index < -0.39 is 0 Å². The van der Waals surface area contributed by atoms with Crippen molar-refractivity contribution in [1.29, 1.82) is 0 Å². The first-order valence-electron chi connectivity index (χ1n) is 7.80. The van der Waals surface area contributed by atoms with Gasteiger partial charge in [-0.2, -0.15) is 0 Å². The molecule has 2 rings (SSSR count). The van der Waals surface area contributed by atoms with Crippen LogP contribution in [0, 0.1) is 0 Å². The minimum atomic E-state index is 0.0584. The van der Waals surface area contributed by atoms with Gasteiger partial charge in [0.15, 0.2) is 0 Å². The molecule has 1 heterocycles. The van der Waals surface area contributed by atoms with Crippen molar-refractivity contribution in [3.8, 4) is 0 Å². The number of likely N-dealkylation sites (tertiary alicyclic amines) is 1. The van der Waals surface area contributed by atoms with Gasteiger partial charge >= 0.3 is 0 Å². The fourth-order valence-corrected chi connectivity index (χ4v) is 3.61. The topological polar surface area (TPSA) is 44.4 Å². The van der Waals surface area contributed by atoms with Crippen LogP contribution in [0.1, 0.15) is 51.4 Å². The number of piperidine rings is 1. The van der Waals surface area contributed by atoms with Crippen LogP contribution in [0.3, 0.4) is 0 Å². The molecule has 2 N–H and O–H groups in total. The lowest BCUT2D eigenvalue weighted by Crippen LogP contribution is -2.51. The second kappa shape index (κ2) is 6.71. The van der Waals surface area contributed by atoms with Crippen LogP contribution >= 0.6 is 0 Å². The smallest absolute Gasteiger partial charge is 0.222 e. The van der Waals surface area contributed by atoms with E-state index in [1.165, 1.54) is 25.7 Å². The largest absolute Gasteiger partial charge is 0.352 e. The van der Waals surface area contributed by atoms with E-state index in [2.05, 4.69) is 22.6 Å². The Balaban J connectivity index is 1.82. The van der Waals surface area contributed by atoms with Gasteiger partial charge in [-0.25, -0.2) is 0 Å². The molecule has 4 heteroatoms. The molecule has 0 aromatic carbocycles. The molecule has 0 bridgehead atoms. The van der Waals surface area contributed by atoms with Crippen molar-refractivity contribution in [2.45, 2.75) is 62.9 Å². The zero-order valence-electron chi connectivity index (χ0n) is 12.5. The van der Waals surface area contributed by atoms with Gasteiger partial charge in [0.05, 0.1) is 0 Å². The lowest BCUT2D eigenvalue weighted by Gasteiger charge is -2.37. The minimum Gasteiger partial charge on any atom is -0.352 e. The van der Waals surface area contributed by atoms with Crippen molar-refractivity contribution in [2.75, 3.05) is 27.2 Å². The first kappa shape index (κ1) is 14.8. The van der Waals surface area contributed by atoms with Gasteiger partial charge in [0.1, 0.15) is 0 Å². The minimum absolute atomic E-state index is 0.0584. The molecule has 0 radical (unpaired) electrons. The Hall–Kier alpha value is -0.610. The van der Waals surface area contributed by atoms with Crippen LogP contribution in [0.25, 0.3) is 0 Å². The lowest BCUT2D eigenvalue weighted by atomic mass is 9.79. The summed E-state index contributed by atoms with van der Waals surface area (Å²) in [7, 11) is 4.14. The maximum absolute atomic E-state index is 12.3. The SMILES string of the molecule is CNC1(CC(=O)NC2CCCN(C)C2)CCCCC1. The summed E-state index contributed by atoms with van der Waals surface area (Å²) in [6, 6.07) is 0.351. The van der Waals surface area contributed by atoms with Gasteiger partial charge in [-0.15, -0.1) is 0 Å². The Morgan fingerprint density at radius 3 is 2.63 bits per heavy atom. The maximum atomic E-state index is 12.3. The number of nitrogens with one attached hydrogen (secondary N) is 2. The van der Waals surface area contributed by atoms with E-state index in [0.717, 1.165) is 32.4 Å². The highest BCUT2D eigenvalue weighted by Gasteiger charge is 2.33. The molecule has 0 aromatic heterocycles. The number of carbonyl (C=O) groups excluding carboxylic acids is 1. The molecule has 2 aliphatic rings. The Morgan fingerprint density at radius 2 is 2.00 bits per heavy atom. The molecular weight excluding hydrogens is 238 g/mol. The van der Waals surface area contributed by atoms with Crippen LogP contribution in [-0.4, -0.2) is 49.6 Å². The number of hydrogen-bond acceptors (Lipinski definition) is 3. The number of amides is 1. The lowest BCUT2D eigenvalue weighted by molar-refractivity contribution is -0.124. The van der Waals surface area contributed by atoms with E-state index in [-0.39, 0.29) is 11.4 Å². The summed E-state index contributed by atoms with van der Waals surface area (Å²) in [4.78, 5) is 14.6. The molecule has 1 unspecified atom stereocenters. The number of hydrogen-bond donors (Lipinski definition) is 2. The number of likely N-dealkylation sites (N-methyl/N-ethyl adjacent to an activating group) is 1. The quantitative estimate of drug-likeness (QED) is 0.811. The first-order valence-corrected chi connectivity index (χ1v) is 7.80. The highest BCUT2D eigenvalue weighted by molar-refractivity contribution is 5.77. The number of rotatable bonds is 4. The van der Waals surface area contributed by atoms with E-state index in [0.29, 0.717) is 12.5 Å². The third-order valence-corrected chi connectivity index (χ3v) is 4.83. The van der Waals surface area contributed by atoms with E-state index in [9.17, 15) is 4.79 Å². The molecule has 1 saturated heterocycles. The fourth-order valence-electron chi connectivity index (χ4n) is 3.61. The standard InChI is InChI=1S/C15H29N3O/c1-16-15(8-4-3-5-9-15)11-14(19)17-13-7-6-10-18(2)12-13/h13,16H,3-12H2,1-2H3,(H,17,19). The van der Waals surface area contributed by atoms with Gasteiger partial charge in [-0.3, -0.25) is 4.79 Å². The summed E-state index contributed by atoms with van der Waals surface area (Å²) in [6.07, 6.45) is 9.06. The second-order valence-electron chi connectivity index (χ2n) is 6.44.